The van der Waals surface area contributed by atoms with Gasteiger partial charge in [-0.05, 0) is 10.8 Å². The summed E-state index contributed by atoms with van der Waals surface area (Å²) >= 11 is 0. The van der Waals surface area contributed by atoms with Crippen LogP contribution in [-0.2, 0) is 14.3 Å². The van der Waals surface area contributed by atoms with E-state index in [-0.39, 0.29) is 22.9 Å². The van der Waals surface area contributed by atoms with Crippen LogP contribution in [0.4, 0.5) is 0 Å². The van der Waals surface area contributed by atoms with E-state index in [1.54, 1.807) is 0 Å². The van der Waals surface area contributed by atoms with Gasteiger partial charge in [0.05, 0.1) is 13.2 Å². The molecule has 0 bridgehead atoms. The maximum Gasteiger partial charge on any atom is 0.335 e. The van der Waals surface area contributed by atoms with Crippen LogP contribution in [0.15, 0.2) is 0 Å². The monoisotopic (exact) mass is 228 g/mol. The normalized spacial score (nSPS) is 22.3. The van der Waals surface area contributed by atoms with Crippen molar-refractivity contribution in [3.63, 3.8) is 0 Å². The SMILES string of the molecule is CCC(C)(C)C(C)(C)COC1CCOC1=O. The molecule has 16 heavy (non-hydrogen) atoms. The summed E-state index contributed by atoms with van der Waals surface area (Å²) < 4.78 is 10.6. The Kier molecular flexibility index (Phi) is 4.00. The molecule has 0 aromatic carbocycles. The molecule has 1 aliphatic heterocycles. The number of carbonyl (C=O) groups excluding carboxylic acids is 1. The molecule has 1 aliphatic rings. The fraction of sp³-hybridized carbons (Fsp3) is 0.923. The average Bonchev–Trinajstić information content (AvgIpc) is 2.61. The number of hydrogen-bond acceptors (Lipinski definition) is 3. The third kappa shape index (κ3) is 2.76. The lowest BCUT2D eigenvalue weighted by atomic mass is 9.67. The maximum atomic E-state index is 11.3. The van der Waals surface area contributed by atoms with Crippen LogP contribution in [0.2, 0.25) is 0 Å². The van der Waals surface area contributed by atoms with Crippen LogP contribution in [-0.4, -0.2) is 25.3 Å². The van der Waals surface area contributed by atoms with Gasteiger partial charge in [-0.2, -0.15) is 0 Å². The summed E-state index contributed by atoms with van der Waals surface area (Å²) in [6.45, 7) is 12.2. The number of hydrogen-bond donors (Lipinski definition) is 0. The van der Waals surface area contributed by atoms with E-state index in [1.807, 2.05) is 0 Å². The quantitative estimate of drug-likeness (QED) is 0.679. The molecule has 1 unspecified atom stereocenters. The number of cyclic esters (lactones) is 1. The van der Waals surface area contributed by atoms with Crippen molar-refractivity contribution < 1.29 is 14.3 Å². The molecule has 0 N–H and O–H groups in total. The van der Waals surface area contributed by atoms with Gasteiger partial charge in [-0.15, -0.1) is 0 Å². The fourth-order valence-electron chi connectivity index (χ4n) is 1.61. The highest BCUT2D eigenvalue weighted by Crippen LogP contribution is 2.41. The Bertz CT molecular complexity index is 256. The molecular weight excluding hydrogens is 204 g/mol. The van der Waals surface area contributed by atoms with Gasteiger partial charge in [0.25, 0.3) is 0 Å². The molecule has 0 saturated carbocycles. The van der Waals surface area contributed by atoms with Gasteiger partial charge >= 0.3 is 5.97 Å². The fourth-order valence-corrected chi connectivity index (χ4v) is 1.61. The summed E-state index contributed by atoms with van der Waals surface area (Å²) in [5, 5.41) is 0. The van der Waals surface area contributed by atoms with E-state index < -0.39 is 0 Å². The highest BCUT2D eigenvalue weighted by Gasteiger charge is 2.37. The first-order valence-corrected chi connectivity index (χ1v) is 6.08. The van der Waals surface area contributed by atoms with Gasteiger partial charge in [0, 0.05) is 6.42 Å². The number of esters is 1. The molecule has 0 amide bonds. The third-order valence-electron chi connectivity index (χ3n) is 4.25. The summed E-state index contributed by atoms with van der Waals surface area (Å²) in [4.78, 5) is 11.3. The second-order valence-electron chi connectivity index (χ2n) is 5.88. The van der Waals surface area contributed by atoms with Crippen molar-refractivity contribution in [3.8, 4) is 0 Å². The van der Waals surface area contributed by atoms with E-state index in [1.165, 1.54) is 0 Å². The second kappa shape index (κ2) is 4.74. The van der Waals surface area contributed by atoms with E-state index >= 15 is 0 Å². The summed E-state index contributed by atoms with van der Waals surface area (Å²) in [6.07, 6.45) is 1.45. The minimum atomic E-state index is -0.341. The van der Waals surface area contributed by atoms with Crippen molar-refractivity contribution in [2.75, 3.05) is 13.2 Å². The van der Waals surface area contributed by atoms with E-state index in [0.29, 0.717) is 19.6 Å². The Morgan fingerprint density at radius 2 is 1.94 bits per heavy atom. The Hall–Kier alpha value is -0.570. The van der Waals surface area contributed by atoms with Gasteiger partial charge < -0.3 is 9.47 Å². The summed E-state index contributed by atoms with van der Waals surface area (Å²) in [6, 6.07) is 0. The maximum absolute atomic E-state index is 11.3. The highest BCUT2D eigenvalue weighted by molar-refractivity contribution is 5.76. The van der Waals surface area contributed by atoms with Gasteiger partial charge in [0.1, 0.15) is 0 Å². The molecule has 1 atom stereocenters. The van der Waals surface area contributed by atoms with Crippen LogP contribution in [0.25, 0.3) is 0 Å². The molecule has 0 aliphatic carbocycles. The van der Waals surface area contributed by atoms with Crippen LogP contribution >= 0.6 is 0 Å². The van der Waals surface area contributed by atoms with Gasteiger partial charge in [0.15, 0.2) is 6.10 Å². The Balaban J connectivity index is 2.50. The zero-order valence-electron chi connectivity index (χ0n) is 11.1. The minimum absolute atomic E-state index is 0.0601. The summed E-state index contributed by atoms with van der Waals surface area (Å²) in [5.41, 5.74) is 0.264. The molecule has 1 fully saturated rings. The molecule has 1 rings (SSSR count). The van der Waals surface area contributed by atoms with Gasteiger partial charge in [-0.3, -0.25) is 0 Å². The van der Waals surface area contributed by atoms with Gasteiger partial charge in [0.2, 0.25) is 0 Å². The molecule has 0 aromatic rings. The van der Waals surface area contributed by atoms with E-state index in [0.717, 1.165) is 6.42 Å². The van der Waals surface area contributed by atoms with Crippen LogP contribution in [0.5, 0.6) is 0 Å². The predicted molar refractivity (Wildman–Crippen MR) is 63.2 cm³/mol. The molecular formula is C13H24O3. The van der Waals surface area contributed by atoms with E-state index in [9.17, 15) is 4.79 Å². The topological polar surface area (TPSA) is 35.5 Å². The van der Waals surface area contributed by atoms with Crippen molar-refractivity contribution >= 4 is 5.97 Å². The number of rotatable bonds is 5. The van der Waals surface area contributed by atoms with Crippen molar-refractivity contribution in [1.29, 1.82) is 0 Å². The average molecular weight is 228 g/mol. The zero-order valence-corrected chi connectivity index (χ0v) is 11.1. The molecule has 0 spiro atoms. The molecule has 0 aromatic heterocycles. The van der Waals surface area contributed by atoms with Gasteiger partial charge in [-0.1, -0.05) is 41.0 Å². The lowest BCUT2D eigenvalue weighted by Gasteiger charge is -2.41. The lowest BCUT2D eigenvalue weighted by molar-refractivity contribution is -0.150. The van der Waals surface area contributed by atoms with E-state index in [2.05, 4.69) is 34.6 Å². The molecule has 1 heterocycles. The van der Waals surface area contributed by atoms with Crippen molar-refractivity contribution in [1.82, 2.24) is 0 Å². The van der Waals surface area contributed by atoms with Crippen molar-refractivity contribution in [3.05, 3.63) is 0 Å². The first-order valence-electron chi connectivity index (χ1n) is 6.08. The third-order valence-corrected chi connectivity index (χ3v) is 4.25. The number of ether oxygens (including phenoxy) is 2. The Morgan fingerprint density at radius 3 is 2.38 bits per heavy atom. The Morgan fingerprint density at radius 1 is 1.31 bits per heavy atom. The van der Waals surface area contributed by atoms with Crippen LogP contribution in [0.1, 0.15) is 47.5 Å². The van der Waals surface area contributed by atoms with Crippen LogP contribution < -0.4 is 0 Å². The van der Waals surface area contributed by atoms with Crippen LogP contribution in [0.3, 0.4) is 0 Å². The molecule has 94 valence electrons. The molecule has 0 radical (unpaired) electrons. The van der Waals surface area contributed by atoms with E-state index in [4.69, 9.17) is 9.47 Å². The summed E-state index contributed by atoms with van der Waals surface area (Å²) in [5.74, 6) is -0.204. The Labute approximate surface area is 98.5 Å². The number of carbonyl (C=O) groups is 1. The molecule has 1 saturated heterocycles. The lowest BCUT2D eigenvalue weighted by Crippen LogP contribution is -2.38. The zero-order chi connectivity index (χ0) is 12.4. The van der Waals surface area contributed by atoms with Crippen molar-refractivity contribution in [2.45, 2.75) is 53.6 Å². The first-order chi connectivity index (χ1) is 7.30. The molecule has 3 heteroatoms. The largest absolute Gasteiger partial charge is 0.464 e. The standard InChI is InChI=1S/C13H24O3/c1-6-12(2,3)13(4,5)9-16-10-7-8-15-11(10)14/h10H,6-9H2,1-5H3. The highest BCUT2D eigenvalue weighted by atomic mass is 16.6. The minimum Gasteiger partial charge on any atom is -0.464 e. The first kappa shape index (κ1) is 13.5. The smallest absolute Gasteiger partial charge is 0.335 e. The molecule has 3 nitrogen and oxygen atoms in total. The van der Waals surface area contributed by atoms with Gasteiger partial charge in [-0.25, -0.2) is 4.79 Å². The predicted octanol–water partition coefficient (Wildman–Crippen LogP) is 2.78. The second-order valence-corrected chi connectivity index (χ2v) is 5.88. The van der Waals surface area contributed by atoms with Crippen molar-refractivity contribution in [2.24, 2.45) is 10.8 Å². The van der Waals surface area contributed by atoms with Crippen LogP contribution in [0, 0.1) is 10.8 Å². The summed E-state index contributed by atoms with van der Waals surface area (Å²) in [7, 11) is 0.